The van der Waals surface area contributed by atoms with E-state index in [0.717, 1.165) is 0 Å². The third kappa shape index (κ3) is 15.5. The minimum absolute atomic E-state index is 0.364. The highest BCUT2D eigenvalue weighted by Crippen LogP contribution is 2.10. The van der Waals surface area contributed by atoms with E-state index in [2.05, 4.69) is 31.9 Å². The number of amides is 6. The fourth-order valence-corrected chi connectivity index (χ4v) is 4.14. The van der Waals surface area contributed by atoms with Crippen molar-refractivity contribution in [2.45, 2.75) is 110 Å². The first-order valence-electron chi connectivity index (χ1n) is 15.7. The molecule has 0 aliphatic heterocycles. The number of nitrogens with one attached hydrogen (secondary N) is 6. The van der Waals surface area contributed by atoms with Crippen molar-refractivity contribution < 1.29 is 48.9 Å². The van der Waals surface area contributed by atoms with Gasteiger partial charge in [-0.15, -0.1) is 0 Å². The van der Waals surface area contributed by atoms with Gasteiger partial charge >= 0.3 is 5.97 Å². The molecule has 13 N–H and O–H groups in total. The Kier molecular flexibility index (Phi) is 20.0. The Balaban J connectivity index is 5.30. The number of hydrogen-bond donors (Lipinski definition) is 11. The van der Waals surface area contributed by atoms with E-state index in [-0.39, 0.29) is 0 Å². The molecule has 6 amide bonds. The molecule has 0 aromatic rings. The highest BCUT2D eigenvalue weighted by atomic mass is 16.4. The van der Waals surface area contributed by atoms with Crippen molar-refractivity contribution >= 4 is 41.4 Å². The highest BCUT2D eigenvalue weighted by Gasteiger charge is 2.34. The third-order valence-electron chi connectivity index (χ3n) is 7.40. The fraction of sp³-hybridized carbons (Fsp3) is 0.759. The molecule has 0 fully saturated rings. The van der Waals surface area contributed by atoms with E-state index in [1.165, 1.54) is 13.8 Å². The molecular weight excluding hydrogens is 620 g/mol. The van der Waals surface area contributed by atoms with E-state index in [9.17, 15) is 48.9 Å². The molecule has 0 heterocycles. The number of carbonyl (C=O) groups is 7. The van der Waals surface area contributed by atoms with Gasteiger partial charge in [0.2, 0.25) is 35.4 Å². The Morgan fingerprint density at radius 1 is 0.723 bits per heavy atom. The second-order valence-electron chi connectivity index (χ2n) is 11.8. The molecule has 0 rings (SSSR count). The van der Waals surface area contributed by atoms with E-state index in [4.69, 9.17) is 11.5 Å². The normalized spacial score (nSPS) is 16.2. The maximum Gasteiger partial charge on any atom is 0.326 e. The van der Waals surface area contributed by atoms with Crippen LogP contribution in [-0.2, 0) is 33.6 Å². The number of aliphatic hydroxyl groups is 2. The zero-order chi connectivity index (χ0) is 36.4. The quantitative estimate of drug-likeness (QED) is 0.0492. The molecule has 8 atom stereocenters. The molecule has 0 spiro atoms. The molecular formula is C29H54N8O10. The molecule has 0 aromatic heterocycles. The predicted molar refractivity (Wildman–Crippen MR) is 170 cm³/mol. The van der Waals surface area contributed by atoms with Gasteiger partial charge in [-0.3, -0.25) is 28.8 Å². The zero-order valence-electron chi connectivity index (χ0n) is 28.0. The summed E-state index contributed by atoms with van der Waals surface area (Å²) in [6.45, 7) is 8.08. The monoisotopic (exact) mass is 674 g/mol. The molecule has 0 aromatic carbocycles. The summed E-state index contributed by atoms with van der Waals surface area (Å²) in [5.41, 5.74) is 11.2. The molecule has 0 aliphatic carbocycles. The van der Waals surface area contributed by atoms with Crippen LogP contribution in [0.25, 0.3) is 0 Å². The lowest BCUT2D eigenvalue weighted by molar-refractivity contribution is -0.144. The molecule has 18 nitrogen and oxygen atoms in total. The minimum Gasteiger partial charge on any atom is -0.480 e. The van der Waals surface area contributed by atoms with Crippen LogP contribution in [0.2, 0.25) is 0 Å². The molecule has 0 saturated carbocycles. The van der Waals surface area contributed by atoms with Gasteiger partial charge in [0.05, 0.1) is 25.3 Å². The van der Waals surface area contributed by atoms with Crippen LogP contribution in [0.3, 0.4) is 0 Å². The number of rotatable bonds is 22. The van der Waals surface area contributed by atoms with Crippen molar-refractivity contribution in [1.82, 2.24) is 31.9 Å². The highest BCUT2D eigenvalue weighted by molar-refractivity contribution is 5.96. The Morgan fingerprint density at radius 3 is 1.79 bits per heavy atom. The van der Waals surface area contributed by atoms with Gasteiger partial charge in [-0.25, -0.2) is 4.79 Å². The van der Waals surface area contributed by atoms with Crippen LogP contribution in [0, 0.1) is 11.8 Å². The summed E-state index contributed by atoms with van der Waals surface area (Å²) in [5, 5.41) is 43.3. The number of carboxylic acid groups (broad SMARTS) is 1. The van der Waals surface area contributed by atoms with Crippen molar-refractivity contribution in [3.05, 3.63) is 0 Å². The lowest BCUT2D eigenvalue weighted by Crippen LogP contribution is -2.61. The number of carbonyl (C=O) groups excluding carboxylic acids is 6. The SMILES string of the molecule is CC[C@H](C)[C@H](NC(=O)CNC(=O)[C@H](CO)NC(=O)[C@H](C)NC(=O)[C@@H](N)CCCCN)C(=O)N[C@H](C(=O)N[C@H](C(=O)O)C(C)C)[C@@H](C)O. The average molecular weight is 675 g/mol. The zero-order valence-corrected chi connectivity index (χ0v) is 28.0. The van der Waals surface area contributed by atoms with Gasteiger partial charge in [-0.2, -0.15) is 0 Å². The second-order valence-corrected chi connectivity index (χ2v) is 11.8. The first-order chi connectivity index (χ1) is 21.9. The number of nitrogens with two attached hydrogens (primary N) is 2. The average Bonchev–Trinajstić information content (AvgIpc) is 3.01. The van der Waals surface area contributed by atoms with Crippen LogP contribution < -0.4 is 43.4 Å². The topological polar surface area (TPSA) is 304 Å². The lowest BCUT2D eigenvalue weighted by Gasteiger charge is -2.28. The first kappa shape index (κ1) is 43.1. The molecule has 47 heavy (non-hydrogen) atoms. The molecule has 270 valence electrons. The molecule has 0 radical (unpaired) electrons. The van der Waals surface area contributed by atoms with Gasteiger partial charge in [0.1, 0.15) is 30.2 Å². The van der Waals surface area contributed by atoms with Gasteiger partial charge in [-0.1, -0.05) is 40.5 Å². The maximum atomic E-state index is 13.2. The number of aliphatic hydroxyl groups excluding tert-OH is 2. The van der Waals surface area contributed by atoms with Crippen LogP contribution in [0.5, 0.6) is 0 Å². The Morgan fingerprint density at radius 2 is 1.30 bits per heavy atom. The Bertz CT molecular complexity index is 1070. The van der Waals surface area contributed by atoms with Gasteiger partial charge in [0.25, 0.3) is 0 Å². The largest absolute Gasteiger partial charge is 0.480 e. The second kappa shape index (κ2) is 21.8. The third-order valence-corrected chi connectivity index (χ3v) is 7.40. The Hall–Kier alpha value is -3.87. The number of carboxylic acids is 1. The molecule has 0 unspecified atom stereocenters. The summed E-state index contributed by atoms with van der Waals surface area (Å²) >= 11 is 0. The standard InChI is InChI=1S/C29H54N8O10/c1-7-15(4)22(27(44)37-23(17(6)39)28(45)36-21(14(2)3)29(46)47)35-20(40)12-32-26(43)19(13-38)34-24(41)16(5)33-25(42)18(31)10-8-9-11-30/h14-19,21-23,38-39H,7-13,30-31H2,1-6H3,(H,32,43)(H,33,42)(H,34,41)(H,35,40)(H,36,45)(H,37,44)(H,46,47)/t15-,16-,17+,18-,19-,21-,22-,23-/m0/s1. The van der Waals surface area contributed by atoms with Crippen LogP contribution >= 0.6 is 0 Å². The van der Waals surface area contributed by atoms with E-state index >= 15 is 0 Å². The van der Waals surface area contributed by atoms with Crippen molar-refractivity contribution in [2.24, 2.45) is 23.3 Å². The lowest BCUT2D eigenvalue weighted by atomic mass is 9.97. The van der Waals surface area contributed by atoms with Gasteiger partial charge < -0.3 is 58.7 Å². The van der Waals surface area contributed by atoms with Gasteiger partial charge in [0.15, 0.2) is 0 Å². The summed E-state index contributed by atoms with van der Waals surface area (Å²) in [7, 11) is 0. The van der Waals surface area contributed by atoms with E-state index < -0.39 is 109 Å². The molecule has 0 bridgehead atoms. The van der Waals surface area contributed by atoms with Crippen LogP contribution in [0.4, 0.5) is 0 Å². The van der Waals surface area contributed by atoms with E-state index in [1.807, 2.05) is 0 Å². The summed E-state index contributed by atoms with van der Waals surface area (Å²) in [6, 6.07) is -7.49. The Labute approximate surface area is 274 Å². The molecule has 18 heteroatoms. The summed E-state index contributed by atoms with van der Waals surface area (Å²) in [6.07, 6.45) is 0.652. The minimum atomic E-state index is -1.54. The summed E-state index contributed by atoms with van der Waals surface area (Å²) in [4.78, 5) is 87.6. The summed E-state index contributed by atoms with van der Waals surface area (Å²) < 4.78 is 0. The van der Waals surface area contributed by atoms with E-state index in [0.29, 0.717) is 32.2 Å². The predicted octanol–water partition coefficient (Wildman–Crippen LogP) is -3.84. The van der Waals surface area contributed by atoms with Gasteiger partial charge in [0, 0.05) is 0 Å². The number of hydrogen-bond acceptors (Lipinski definition) is 11. The summed E-state index contributed by atoms with van der Waals surface area (Å²) in [5.74, 6) is -7.17. The molecule has 0 aliphatic rings. The smallest absolute Gasteiger partial charge is 0.326 e. The van der Waals surface area contributed by atoms with Crippen molar-refractivity contribution in [3.63, 3.8) is 0 Å². The van der Waals surface area contributed by atoms with Crippen LogP contribution in [0.15, 0.2) is 0 Å². The fourth-order valence-electron chi connectivity index (χ4n) is 4.14. The van der Waals surface area contributed by atoms with Crippen molar-refractivity contribution in [3.8, 4) is 0 Å². The number of aliphatic carboxylic acids is 1. The first-order valence-corrected chi connectivity index (χ1v) is 15.7. The van der Waals surface area contributed by atoms with Gasteiger partial charge in [-0.05, 0) is 45.1 Å². The maximum absolute atomic E-state index is 13.2. The van der Waals surface area contributed by atoms with Crippen molar-refractivity contribution in [2.75, 3.05) is 19.7 Å². The van der Waals surface area contributed by atoms with Crippen LogP contribution in [0.1, 0.15) is 67.2 Å². The number of unbranched alkanes of at least 4 members (excludes halogenated alkanes) is 1. The van der Waals surface area contributed by atoms with E-state index in [1.54, 1.807) is 27.7 Å². The van der Waals surface area contributed by atoms with Crippen molar-refractivity contribution in [1.29, 1.82) is 0 Å². The molecule has 0 saturated heterocycles. The van der Waals surface area contributed by atoms with Crippen LogP contribution in [-0.4, -0.2) is 119 Å².